The largest absolute Gasteiger partial charge is 0.319 e. The van der Waals surface area contributed by atoms with Crippen LogP contribution in [0, 0.1) is 29.8 Å². The number of anilines is 1. The van der Waals surface area contributed by atoms with Crippen molar-refractivity contribution in [2.75, 3.05) is 5.32 Å². The van der Waals surface area contributed by atoms with Gasteiger partial charge in [0, 0.05) is 22.3 Å². The average molecular weight is 483 g/mol. The summed E-state index contributed by atoms with van der Waals surface area (Å²) in [6, 6.07) is 11.4. The summed E-state index contributed by atoms with van der Waals surface area (Å²) in [6.07, 6.45) is 3.05. The van der Waals surface area contributed by atoms with Crippen LogP contribution in [0.1, 0.15) is 32.9 Å². The Kier molecular flexibility index (Phi) is 6.42. The third kappa shape index (κ3) is 4.81. The molecule has 0 unspecified atom stereocenters. The Labute approximate surface area is 198 Å². The number of halogens is 2. The molecule has 0 saturated heterocycles. The van der Waals surface area contributed by atoms with Crippen molar-refractivity contribution >= 4 is 28.9 Å². The zero-order valence-electron chi connectivity index (χ0n) is 18.3. The third-order valence-electron chi connectivity index (χ3n) is 5.32. The number of aromatic nitrogens is 4. The van der Waals surface area contributed by atoms with Crippen LogP contribution >= 0.6 is 11.6 Å². The molecule has 11 heteroatoms. The number of nitrogens with one attached hydrogen (secondary N) is 1. The van der Waals surface area contributed by atoms with Crippen LogP contribution in [0.3, 0.4) is 0 Å². The molecule has 1 N–H and O–H groups in total. The van der Waals surface area contributed by atoms with Gasteiger partial charge < -0.3 is 5.32 Å². The van der Waals surface area contributed by atoms with Crippen molar-refractivity contribution in [2.24, 2.45) is 0 Å². The Morgan fingerprint density at radius 3 is 2.68 bits per heavy atom. The fourth-order valence-electron chi connectivity index (χ4n) is 3.65. The lowest BCUT2D eigenvalue weighted by atomic mass is 10.1. The summed E-state index contributed by atoms with van der Waals surface area (Å²) in [7, 11) is 0. The molecule has 4 aromatic rings. The molecule has 0 aliphatic rings. The summed E-state index contributed by atoms with van der Waals surface area (Å²) >= 11 is 6.07. The van der Waals surface area contributed by atoms with Gasteiger partial charge in [-0.3, -0.25) is 24.3 Å². The van der Waals surface area contributed by atoms with E-state index in [1.165, 1.54) is 23.0 Å². The molecule has 4 rings (SSSR count). The topological polar surface area (TPSA) is 108 Å². The molecular weight excluding hydrogens is 463 g/mol. The molecule has 2 aromatic heterocycles. The molecule has 1 amide bonds. The molecule has 0 aliphatic heterocycles. The average Bonchev–Trinajstić information content (AvgIpc) is 3.34. The molecule has 174 valence electrons. The molecule has 0 bridgehead atoms. The number of aryl methyl sites for hydroxylation is 1. The maximum atomic E-state index is 14.0. The van der Waals surface area contributed by atoms with E-state index >= 15 is 0 Å². The molecule has 0 atom stereocenters. The lowest BCUT2D eigenvalue weighted by Gasteiger charge is -2.07. The Morgan fingerprint density at radius 1 is 1.21 bits per heavy atom. The van der Waals surface area contributed by atoms with Crippen molar-refractivity contribution in [3.8, 4) is 0 Å². The minimum atomic E-state index is -0.446. The van der Waals surface area contributed by atoms with Crippen LogP contribution in [0.2, 0.25) is 5.02 Å². The zero-order chi connectivity index (χ0) is 24.4. The van der Waals surface area contributed by atoms with Crippen LogP contribution in [0.4, 0.5) is 15.8 Å². The zero-order valence-corrected chi connectivity index (χ0v) is 19.1. The number of rotatable bonds is 7. The van der Waals surface area contributed by atoms with Crippen molar-refractivity contribution in [1.29, 1.82) is 0 Å². The van der Waals surface area contributed by atoms with E-state index in [0.717, 1.165) is 5.56 Å². The second-order valence-corrected chi connectivity index (χ2v) is 8.12. The fourth-order valence-corrected chi connectivity index (χ4v) is 3.88. The Hall–Kier alpha value is -4.05. The van der Waals surface area contributed by atoms with Crippen molar-refractivity contribution in [3.63, 3.8) is 0 Å². The van der Waals surface area contributed by atoms with Crippen LogP contribution in [0.15, 0.2) is 54.9 Å². The predicted octanol–water partition coefficient (Wildman–Crippen LogP) is 4.75. The quantitative estimate of drug-likeness (QED) is 0.302. The van der Waals surface area contributed by atoms with Gasteiger partial charge in [-0.05, 0) is 43.7 Å². The van der Waals surface area contributed by atoms with Crippen molar-refractivity contribution in [2.45, 2.75) is 26.9 Å². The first-order chi connectivity index (χ1) is 16.2. The summed E-state index contributed by atoms with van der Waals surface area (Å²) in [5.74, 6) is -0.789. The summed E-state index contributed by atoms with van der Waals surface area (Å²) < 4.78 is 17.0. The van der Waals surface area contributed by atoms with Crippen molar-refractivity contribution in [3.05, 3.63) is 104 Å². The van der Waals surface area contributed by atoms with Crippen LogP contribution < -0.4 is 5.32 Å². The van der Waals surface area contributed by atoms with Crippen molar-refractivity contribution < 1.29 is 14.1 Å². The van der Waals surface area contributed by atoms with Gasteiger partial charge in [0.2, 0.25) is 0 Å². The highest BCUT2D eigenvalue weighted by atomic mass is 35.5. The molecular formula is C23H20ClFN6O3. The van der Waals surface area contributed by atoms with Gasteiger partial charge in [-0.15, -0.1) is 0 Å². The number of nitro groups is 1. The fraction of sp³-hybridized carbons (Fsp3) is 0.174. The Balaban J connectivity index is 1.46. The number of hydrogen-bond donors (Lipinski definition) is 1. The molecule has 0 aliphatic carbocycles. The van der Waals surface area contributed by atoms with Crippen LogP contribution in [0.25, 0.3) is 0 Å². The summed E-state index contributed by atoms with van der Waals surface area (Å²) in [5, 5.41) is 22.7. The molecule has 0 radical (unpaired) electrons. The molecule has 0 spiro atoms. The molecule has 2 heterocycles. The van der Waals surface area contributed by atoms with Crippen molar-refractivity contribution in [1.82, 2.24) is 19.6 Å². The highest BCUT2D eigenvalue weighted by Gasteiger charge is 2.22. The SMILES string of the molecule is Cc1nn(Cc2cccc(C(=O)Nc3cnn(Cc4c(F)cccc4Cl)c3)c2)c(C)c1[N+](=O)[O-]. The summed E-state index contributed by atoms with van der Waals surface area (Å²) in [5.41, 5.74) is 2.68. The molecule has 0 saturated carbocycles. The van der Waals surface area contributed by atoms with E-state index in [2.05, 4.69) is 15.5 Å². The number of hydrogen-bond acceptors (Lipinski definition) is 5. The highest BCUT2D eigenvalue weighted by Crippen LogP contribution is 2.23. The van der Waals surface area contributed by atoms with E-state index in [1.807, 2.05) is 6.07 Å². The highest BCUT2D eigenvalue weighted by molar-refractivity contribution is 6.31. The second kappa shape index (κ2) is 9.44. The first kappa shape index (κ1) is 23.1. The first-order valence-corrected chi connectivity index (χ1v) is 10.6. The minimum absolute atomic E-state index is 0.0115. The van der Waals surface area contributed by atoms with Gasteiger partial charge in [0.05, 0.1) is 29.9 Å². The number of nitrogens with zero attached hydrogens (tertiary/aromatic N) is 5. The van der Waals surface area contributed by atoms with Gasteiger partial charge in [-0.2, -0.15) is 10.2 Å². The lowest BCUT2D eigenvalue weighted by molar-refractivity contribution is -0.386. The molecule has 2 aromatic carbocycles. The number of amides is 1. The predicted molar refractivity (Wildman–Crippen MR) is 125 cm³/mol. The number of benzene rings is 2. The number of carbonyl (C=O) groups is 1. The van der Waals surface area contributed by atoms with Gasteiger partial charge in [0.15, 0.2) is 0 Å². The van der Waals surface area contributed by atoms with E-state index in [4.69, 9.17) is 11.6 Å². The smallest absolute Gasteiger partial charge is 0.312 e. The summed E-state index contributed by atoms with van der Waals surface area (Å²) in [6.45, 7) is 3.63. The van der Waals surface area contributed by atoms with E-state index < -0.39 is 10.7 Å². The van der Waals surface area contributed by atoms with Crippen LogP contribution in [-0.2, 0) is 13.1 Å². The van der Waals surface area contributed by atoms with Gasteiger partial charge in [-0.1, -0.05) is 29.8 Å². The Bertz CT molecular complexity index is 1380. The van der Waals surface area contributed by atoms with Crippen LogP contribution in [0.5, 0.6) is 0 Å². The molecule has 0 fully saturated rings. The normalized spacial score (nSPS) is 10.9. The standard InChI is InChI=1S/C23H20ClFN6O3/c1-14-22(31(33)34)15(2)30(28-14)11-16-5-3-6-17(9-16)23(32)27-18-10-26-29(12-18)13-19-20(24)7-4-8-21(19)25/h3-10,12H,11,13H2,1-2H3,(H,27,32). The van der Waals surface area contributed by atoms with Gasteiger partial charge in [0.1, 0.15) is 17.2 Å². The lowest BCUT2D eigenvalue weighted by Crippen LogP contribution is -2.12. The van der Waals surface area contributed by atoms with Gasteiger partial charge in [0.25, 0.3) is 5.91 Å². The molecule has 34 heavy (non-hydrogen) atoms. The monoisotopic (exact) mass is 482 g/mol. The van der Waals surface area contributed by atoms with E-state index in [9.17, 15) is 19.3 Å². The van der Waals surface area contributed by atoms with E-state index in [-0.39, 0.29) is 24.7 Å². The molecule has 9 nitrogen and oxygen atoms in total. The van der Waals surface area contributed by atoms with Crippen LogP contribution in [-0.4, -0.2) is 30.4 Å². The Morgan fingerprint density at radius 2 is 1.97 bits per heavy atom. The maximum Gasteiger partial charge on any atom is 0.312 e. The van der Waals surface area contributed by atoms with Gasteiger partial charge in [-0.25, -0.2) is 4.39 Å². The number of carbonyl (C=O) groups excluding carboxylic acids is 1. The third-order valence-corrected chi connectivity index (χ3v) is 5.67. The van der Waals surface area contributed by atoms with Gasteiger partial charge >= 0.3 is 5.69 Å². The van der Waals surface area contributed by atoms with E-state index in [1.54, 1.807) is 49.0 Å². The van der Waals surface area contributed by atoms with E-state index in [0.29, 0.717) is 33.2 Å². The second-order valence-electron chi connectivity index (χ2n) is 7.72. The minimum Gasteiger partial charge on any atom is -0.319 e. The summed E-state index contributed by atoms with van der Waals surface area (Å²) in [4.78, 5) is 23.6. The first-order valence-electron chi connectivity index (χ1n) is 10.3. The maximum absolute atomic E-state index is 14.0.